The summed E-state index contributed by atoms with van der Waals surface area (Å²) in [5.41, 5.74) is -0.263. The summed E-state index contributed by atoms with van der Waals surface area (Å²) in [5, 5.41) is 9.57. The van der Waals surface area contributed by atoms with Crippen LogP contribution in [0.3, 0.4) is 0 Å². The van der Waals surface area contributed by atoms with E-state index in [9.17, 15) is 23.5 Å². The van der Waals surface area contributed by atoms with Gasteiger partial charge in [0.2, 0.25) is 5.91 Å². The third-order valence-electron chi connectivity index (χ3n) is 3.98. The van der Waals surface area contributed by atoms with Crippen molar-refractivity contribution < 1.29 is 23.5 Å². The van der Waals surface area contributed by atoms with Gasteiger partial charge in [-0.15, -0.1) is 0 Å². The van der Waals surface area contributed by atoms with Gasteiger partial charge in [0.15, 0.2) is 11.6 Å². The molecule has 0 bridgehead atoms. The Labute approximate surface area is 150 Å². The molecule has 0 spiro atoms. The lowest BCUT2D eigenvalue weighted by Gasteiger charge is -2.39. The molecule has 2 rings (SSSR count). The van der Waals surface area contributed by atoms with E-state index in [2.05, 4.69) is 0 Å². The Morgan fingerprint density at radius 2 is 2.04 bits per heavy atom. The van der Waals surface area contributed by atoms with Crippen LogP contribution in [-0.4, -0.2) is 56.5 Å². The molecule has 2 amide bonds. The van der Waals surface area contributed by atoms with E-state index in [0.29, 0.717) is 23.6 Å². The molecule has 1 atom stereocenters. The number of halogens is 2. The minimum Gasteiger partial charge on any atom is -0.465 e. The van der Waals surface area contributed by atoms with Crippen molar-refractivity contribution in [2.24, 2.45) is 0 Å². The van der Waals surface area contributed by atoms with Gasteiger partial charge in [-0.1, -0.05) is 6.07 Å². The van der Waals surface area contributed by atoms with Crippen molar-refractivity contribution in [3.63, 3.8) is 0 Å². The normalized spacial score (nSPS) is 18.8. The Morgan fingerprint density at radius 3 is 2.60 bits per heavy atom. The van der Waals surface area contributed by atoms with Crippen LogP contribution in [0.15, 0.2) is 18.2 Å². The van der Waals surface area contributed by atoms with Gasteiger partial charge in [0.25, 0.3) is 0 Å². The molecule has 0 aliphatic carbocycles. The Hall–Kier alpha value is -1.83. The van der Waals surface area contributed by atoms with Crippen LogP contribution in [0.1, 0.15) is 26.3 Å². The largest absolute Gasteiger partial charge is 0.465 e. The number of thioether (sulfide) groups is 1. The van der Waals surface area contributed by atoms with Crippen molar-refractivity contribution >= 4 is 23.8 Å². The molecule has 1 aromatic carbocycles. The monoisotopic (exact) mass is 372 g/mol. The van der Waals surface area contributed by atoms with Gasteiger partial charge in [-0.05, 0) is 38.5 Å². The minimum atomic E-state index is -1.15. The topological polar surface area (TPSA) is 60.9 Å². The second-order valence-electron chi connectivity index (χ2n) is 6.92. The van der Waals surface area contributed by atoms with Crippen LogP contribution < -0.4 is 0 Å². The van der Waals surface area contributed by atoms with E-state index in [4.69, 9.17) is 0 Å². The predicted octanol–water partition coefficient (Wildman–Crippen LogP) is 3.19. The van der Waals surface area contributed by atoms with Crippen LogP contribution in [0.2, 0.25) is 0 Å². The summed E-state index contributed by atoms with van der Waals surface area (Å²) >= 11 is 1.51. The van der Waals surface area contributed by atoms with Crippen LogP contribution in [0.5, 0.6) is 0 Å². The zero-order chi connectivity index (χ0) is 18.8. The molecule has 1 aliphatic rings. The van der Waals surface area contributed by atoms with E-state index in [1.165, 1.54) is 27.6 Å². The summed E-state index contributed by atoms with van der Waals surface area (Å²) < 4.78 is 26.5. The molecule has 1 aromatic rings. The first kappa shape index (κ1) is 19.5. The van der Waals surface area contributed by atoms with Crippen molar-refractivity contribution in [2.75, 3.05) is 18.1 Å². The highest BCUT2D eigenvalue weighted by Gasteiger charge is 2.40. The van der Waals surface area contributed by atoms with Gasteiger partial charge < -0.3 is 10.0 Å². The molecule has 0 radical (unpaired) electrons. The summed E-state index contributed by atoms with van der Waals surface area (Å²) in [7, 11) is 0. The molecular weight excluding hydrogens is 350 g/mol. The van der Waals surface area contributed by atoms with Crippen LogP contribution in [0.4, 0.5) is 13.6 Å². The first-order valence-electron chi connectivity index (χ1n) is 7.94. The fourth-order valence-corrected chi connectivity index (χ4v) is 3.88. The Bertz CT molecular complexity index is 664. The lowest BCUT2D eigenvalue weighted by molar-refractivity contribution is -0.137. The van der Waals surface area contributed by atoms with Crippen molar-refractivity contribution in [2.45, 2.75) is 38.9 Å². The number of carboxylic acid groups (broad SMARTS) is 1. The average molecular weight is 372 g/mol. The van der Waals surface area contributed by atoms with Gasteiger partial charge >= 0.3 is 6.09 Å². The van der Waals surface area contributed by atoms with Gasteiger partial charge in [0, 0.05) is 30.1 Å². The molecule has 25 heavy (non-hydrogen) atoms. The fourth-order valence-electron chi connectivity index (χ4n) is 2.85. The second-order valence-corrected chi connectivity index (χ2v) is 8.07. The number of carbonyl (C=O) groups is 2. The summed E-state index contributed by atoms with van der Waals surface area (Å²) in [6.07, 6.45) is -1.15. The van der Waals surface area contributed by atoms with E-state index >= 15 is 0 Å². The standard InChI is InChI=1S/C17H22F2N2O3S/c1-17(2,3)21(16(23)24)14-10-25-7-6-20(15(14)22)9-11-4-5-12(18)13(19)8-11/h4-5,8,14H,6-7,9-10H2,1-3H3,(H,23,24). The number of nitrogens with zero attached hydrogens (tertiary/aromatic N) is 2. The molecule has 1 saturated heterocycles. The maximum Gasteiger partial charge on any atom is 0.408 e. The van der Waals surface area contributed by atoms with Crippen molar-refractivity contribution in [1.29, 1.82) is 0 Å². The third-order valence-corrected chi connectivity index (χ3v) is 5.00. The van der Waals surface area contributed by atoms with Gasteiger partial charge in [-0.25, -0.2) is 13.6 Å². The van der Waals surface area contributed by atoms with E-state index in [-0.39, 0.29) is 12.5 Å². The highest BCUT2D eigenvalue weighted by molar-refractivity contribution is 7.99. The van der Waals surface area contributed by atoms with E-state index in [0.717, 1.165) is 12.1 Å². The number of hydrogen-bond donors (Lipinski definition) is 1. The highest BCUT2D eigenvalue weighted by atomic mass is 32.2. The number of hydrogen-bond acceptors (Lipinski definition) is 3. The van der Waals surface area contributed by atoms with E-state index in [1.54, 1.807) is 20.8 Å². The molecular formula is C17H22F2N2O3S. The van der Waals surface area contributed by atoms with Crippen LogP contribution in [-0.2, 0) is 11.3 Å². The zero-order valence-corrected chi connectivity index (χ0v) is 15.3. The quantitative estimate of drug-likeness (QED) is 0.885. The smallest absolute Gasteiger partial charge is 0.408 e. The molecule has 1 heterocycles. The summed E-state index contributed by atoms with van der Waals surface area (Å²) in [6.45, 7) is 5.76. The fraction of sp³-hybridized carbons (Fsp3) is 0.529. The van der Waals surface area contributed by atoms with Crippen LogP contribution >= 0.6 is 11.8 Å². The number of amides is 2. The highest BCUT2D eigenvalue weighted by Crippen LogP contribution is 2.25. The number of benzene rings is 1. The molecule has 0 aromatic heterocycles. The number of carbonyl (C=O) groups excluding carboxylic acids is 1. The molecule has 8 heteroatoms. The van der Waals surface area contributed by atoms with E-state index in [1.807, 2.05) is 0 Å². The summed E-state index contributed by atoms with van der Waals surface area (Å²) in [5.74, 6) is -1.19. The maximum atomic E-state index is 13.4. The number of rotatable bonds is 3. The predicted molar refractivity (Wildman–Crippen MR) is 92.5 cm³/mol. The molecule has 5 nitrogen and oxygen atoms in total. The first-order valence-corrected chi connectivity index (χ1v) is 9.09. The molecule has 0 saturated carbocycles. The van der Waals surface area contributed by atoms with Crippen molar-refractivity contribution in [1.82, 2.24) is 9.80 Å². The average Bonchev–Trinajstić information content (AvgIpc) is 2.65. The van der Waals surface area contributed by atoms with Gasteiger partial charge in [0.05, 0.1) is 0 Å². The van der Waals surface area contributed by atoms with Gasteiger partial charge in [-0.3, -0.25) is 9.69 Å². The molecule has 138 valence electrons. The summed E-state index contributed by atoms with van der Waals surface area (Å²) in [6, 6.07) is 2.71. The van der Waals surface area contributed by atoms with Gasteiger partial charge in [0.1, 0.15) is 6.04 Å². The van der Waals surface area contributed by atoms with E-state index < -0.39 is 29.3 Å². The van der Waals surface area contributed by atoms with Crippen LogP contribution in [0, 0.1) is 11.6 Å². The van der Waals surface area contributed by atoms with Gasteiger partial charge in [-0.2, -0.15) is 11.8 Å². The van der Waals surface area contributed by atoms with Crippen molar-refractivity contribution in [3.05, 3.63) is 35.4 Å². The van der Waals surface area contributed by atoms with Crippen LogP contribution in [0.25, 0.3) is 0 Å². The molecule has 1 unspecified atom stereocenters. The Balaban J connectivity index is 2.26. The Morgan fingerprint density at radius 1 is 1.36 bits per heavy atom. The zero-order valence-electron chi connectivity index (χ0n) is 14.5. The third kappa shape index (κ3) is 4.62. The van der Waals surface area contributed by atoms with Crippen molar-refractivity contribution in [3.8, 4) is 0 Å². The minimum absolute atomic E-state index is 0.116. The SMILES string of the molecule is CC(C)(C)N(C(=O)O)C1CSCCN(Cc2ccc(F)c(F)c2)C1=O. The lowest BCUT2D eigenvalue weighted by Crippen LogP contribution is -2.57. The Kier molecular flexibility index (Phi) is 5.92. The summed E-state index contributed by atoms with van der Waals surface area (Å²) in [4.78, 5) is 27.3. The first-order chi connectivity index (χ1) is 11.6. The lowest BCUT2D eigenvalue weighted by atomic mass is 10.0. The second kappa shape index (κ2) is 7.59. The molecule has 1 aliphatic heterocycles. The molecule has 1 N–H and O–H groups in total. The maximum absolute atomic E-state index is 13.4. The molecule has 1 fully saturated rings.